The third kappa shape index (κ3) is 18.4. The molecule has 0 fully saturated rings. The molecule has 3 unspecified atom stereocenters. The summed E-state index contributed by atoms with van der Waals surface area (Å²) >= 11 is 0. The van der Waals surface area contributed by atoms with Crippen molar-refractivity contribution in [1.29, 1.82) is 0 Å². The van der Waals surface area contributed by atoms with Crippen LogP contribution in [0.5, 0.6) is 0 Å². The fourth-order valence-corrected chi connectivity index (χ4v) is 5.35. The van der Waals surface area contributed by atoms with Gasteiger partial charge in [0.2, 0.25) is 0 Å². The largest absolute Gasteiger partial charge is 0.481 e. The molecule has 0 aliphatic heterocycles. The van der Waals surface area contributed by atoms with E-state index in [4.69, 9.17) is 0 Å². The van der Waals surface area contributed by atoms with E-state index in [1.165, 1.54) is 70.6 Å². The SMILES string of the molecule is CCCCCCCCCCCCC/C=C/CCCC[N+](CC(C)C(=O)O)(CC(C)C(=O)O)CC(C)C(=O)O. The molecule has 0 saturated carbocycles. The summed E-state index contributed by atoms with van der Waals surface area (Å²) < 4.78 is 0.205. The van der Waals surface area contributed by atoms with Gasteiger partial charge >= 0.3 is 17.9 Å². The standard InChI is InChI=1S/C31H57NO6/c1-5-6-7-8-9-10-11-12-13-14-15-16-17-18-19-20-21-22-32(23-26(2)29(33)34,24-27(3)30(35)36)25-28(4)31(37)38/h17-18,26-28H,5-16,19-25H2,1-4H3,(H2-,33,34,35,36,37,38)/p+1/b18-17+. The topological polar surface area (TPSA) is 112 Å². The first-order valence-electron chi connectivity index (χ1n) is 15.2. The molecule has 7 heteroatoms. The van der Waals surface area contributed by atoms with Gasteiger partial charge < -0.3 is 19.8 Å². The van der Waals surface area contributed by atoms with Gasteiger partial charge in [-0.15, -0.1) is 0 Å². The van der Waals surface area contributed by atoms with Gasteiger partial charge in [-0.25, -0.2) is 0 Å². The molecule has 0 aromatic rings. The minimum absolute atomic E-state index is 0.205. The molecule has 0 aliphatic carbocycles. The molecule has 0 aromatic carbocycles. The Labute approximate surface area is 232 Å². The summed E-state index contributed by atoms with van der Waals surface area (Å²) in [5.41, 5.74) is 0. The minimum Gasteiger partial charge on any atom is -0.481 e. The fraction of sp³-hybridized carbons (Fsp3) is 0.839. The predicted molar refractivity (Wildman–Crippen MR) is 154 cm³/mol. The van der Waals surface area contributed by atoms with Crippen molar-refractivity contribution in [2.75, 3.05) is 26.2 Å². The number of carbonyl (C=O) groups is 3. The van der Waals surface area contributed by atoms with Crippen molar-refractivity contribution < 1.29 is 34.2 Å². The molecule has 222 valence electrons. The third-order valence-corrected chi connectivity index (χ3v) is 7.64. The minimum atomic E-state index is -0.941. The lowest BCUT2D eigenvalue weighted by atomic mass is 10.0. The van der Waals surface area contributed by atoms with Crippen LogP contribution < -0.4 is 0 Å². The number of nitrogens with zero attached hydrogens (tertiary/aromatic N) is 1. The highest BCUT2D eigenvalue weighted by Gasteiger charge is 2.38. The van der Waals surface area contributed by atoms with Gasteiger partial charge in [-0.05, 0) is 52.9 Å². The number of hydrogen-bond acceptors (Lipinski definition) is 3. The van der Waals surface area contributed by atoms with Crippen molar-refractivity contribution in [3.05, 3.63) is 12.2 Å². The van der Waals surface area contributed by atoms with Crippen molar-refractivity contribution in [3.8, 4) is 0 Å². The van der Waals surface area contributed by atoms with Crippen LogP contribution in [0.1, 0.15) is 124 Å². The number of carboxylic acid groups (broad SMARTS) is 3. The lowest BCUT2D eigenvalue weighted by molar-refractivity contribution is -0.934. The summed E-state index contributed by atoms with van der Waals surface area (Å²) in [5, 5.41) is 28.5. The van der Waals surface area contributed by atoms with Crippen LogP contribution in [0, 0.1) is 17.8 Å². The maximum Gasteiger partial charge on any atom is 0.311 e. The van der Waals surface area contributed by atoms with E-state index in [0.717, 1.165) is 25.7 Å². The predicted octanol–water partition coefficient (Wildman–Crippen LogP) is 7.39. The second-order valence-electron chi connectivity index (χ2n) is 11.6. The molecule has 0 heterocycles. The molecule has 0 radical (unpaired) electrons. The van der Waals surface area contributed by atoms with Crippen LogP contribution in [-0.2, 0) is 14.4 Å². The number of aliphatic carboxylic acids is 3. The Balaban J connectivity index is 4.50. The molecule has 0 aliphatic rings. The van der Waals surface area contributed by atoms with Crippen molar-refractivity contribution in [2.24, 2.45) is 17.8 Å². The van der Waals surface area contributed by atoms with Crippen molar-refractivity contribution in [1.82, 2.24) is 0 Å². The molecular formula is C31H58NO6+. The number of hydrogen-bond donors (Lipinski definition) is 3. The average molecular weight is 541 g/mol. The molecule has 7 nitrogen and oxygen atoms in total. The van der Waals surface area contributed by atoms with E-state index in [0.29, 0.717) is 6.54 Å². The zero-order valence-corrected chi connectivity index (χ0v) is 24.8. The van der Waals surface area contributed by atoms with Gasteiger partial charge in [-0.3, -0.25) is 14.4 Å². The molecule has 38 heavy (non-hydrogen) atoms. The van der Waals surface area contributed by atoms with Gasteiger partial charge in [0.15, 0.2) is 0 Å². The first-order valence-corrected chi connectivity index (χ1v) is 15.2. The summed E-state index contributed by atoms with van der Waals surface area (Å²) in [6.45, 7) is 8.39. The van der Waals surface area contributed by atoms with Crippen molar-refractivity contribution in [2.45, 2.75) is 124 Å². The van der Waals surface area contributed by atoms with E-state index in [2.05, 4.69) is 19.1 Å². The van der Waals surface area contributed by atoms with E-state index in [9.17, 15) is 29.7 Å². The second kappa shape index (κ2) is 22.0. The maximum absolute atomic E-state index is 11.6. The highest BCUT2D eigenvalue weighted by molar-refractivity contribution is 5.70. The third-order valence-electron chi connectivity index (χ3n) is 7.64. The lowest BCUT2D eigenvalue weighted by Gasteiger charge is -2.42. The van der Waals surface area contributed by atoms with Crippen LogP contribution in [0.4, 0.5) is 0 Å². The Morgan fingerprint density at radius 3 is 1.21 bits per heavy atom. The molecule has 0 amide bonds. The van der Waals surface area contributed by atoms with E-state index in [-0.39, 0.29) is 24.1 Å². The van der Waals surface area contributed by atoms with Crippen LogP contribution >= 0.6 is 0 Å². The lowest BCUT2D eigenvalue weighted by Crippen LogP contribution is -2.57. The van der Waals surface area contributed by atoms with Crippen LogP contribution in [0.3, 0.4) is 0 Å². The second-order valence-corrected chi connectivity index (χ2v) is 11.6. The summed E-state index contributed by atoms with van der Waals surface area (Å²) in [6.07, 6.45) is 23.0. The molecule has 0 bridgehead atoms. The zero-order valence-electron chi connectivity index (χ0n) is 24.8. The molecular weight excluding hydrogens is 482 g/mol. The smallest absolute Gasteiger partial charge is 0.311 e. The van der Waals surface area contributed by atoms with E-state index in [1.54, 1.807) is 20.8 Å². The van der Waals surface area contributed by atoms with Crippen molar-refractivity contribution >= 4 is 17.9 Å². The van der Waals surface area contributed by atoms with Crippen LogP contribution in [-0.4, -0.2) is 63.9 Å². The van der Waals surface area contributed by atoms with Gasteiger partial charge in [0.25, 0.3) is 0 Å². The normalized spacial score (nSPS) is 15.7. The Hall–Kier alpha value is -1.89. The highest BCUT2D eigenvalue weighted by Crippen LogP contribution is 2.22. The summed E-state index contributed by atoms with van der Waals surface area (Å²) in [5.74, 6) is -4.86. The van der Waals surface area contributed by atoms with E-state index >= 15 is 0 Å². The van der Waals surface area contributed by atoms with Crippen LogP contribution in [0.2, 0.25) is 0 Å². The number of unbranched alkanes of at least 4 members (excludes halogenated alkanes) is 13. The van der Waals surface area contributed by atoms with E-state index < -0.39 is 35.7 Å². The van der Waals surface area contributed by atoms with Gasteiger partial charge in [0, 0.05) is 0 Å². The fourth-order valence-electron chi connectivity index (χ4n) is 5.35. The number of rotatable bonds is 26. The Morgan fingerprint density at radius 1 is 0.553 bits per heavy atom. The monoisotopic (exact) mass is 540 g/mol. The Bertz CT molecular complexity index is 622. The Morgan fingerprint density at radius 2 is 0.868 bits per heavy atom. The molecule has 3 atom stereocenters. The first kappa shape index (κ1) is 36.1. The quantitative estimate of drug-likeness (QED) is 0.0599. The molecule has 0 rings (SSSR count). The highest BCUT2D eigenvalue weighted by atomic mass is 16.4. The summed E-state index contributed by atoms with van der Waals surface area (Å²) in [7, 11) is 0. The number of carboxylic acids is 3. The summed E-state index contributed by atoms with van der Waals surface area (Å²) in [4.78, 5) is 34.8. The van der Waals surface area contributed by atoms with Crippen LogP contribution in [0.25, 0.3) is 0 Å². The van der Waals surface area contributed by atoms with Gasteiger partial charge in [0.05, 0.1) is 26.2 Å². The Kier molecular flexibility index (Phi) is 20.9. The number of allylic oxidation sites excluding steroid dienone is 2. The molecule has 0 spiro atoms. The van der Waals surface area contributed by atoms with Gasteiger partial charge in [-0.1, -0.05) is 83.3 Å². The summed E-state index contributed by atoms with van der Waals surface area (Å²) in [6, 6.07) is 0. The average Bonchev–Trinajstić information content (AvgIpc) is 2.85. The van der Waals surface area contributed by atoms with E-state index in [1.807, 2.05) is 0 Å². The van der Waals surface area contributed by atoms with Gasteiger partial charge in [-0.2, -0.15) is 0 Å². The maximum atomic E-state index is 11.6. The molecule has 3 N–H and O–H groups in total. The first-order chi connectivity index (χ1) is 18.0. The molecule has 0 saturated heterocycles. The van der Waals surface area contributed by atoms with Gasteiger partial charge in [0.1, 0.15) is 17.8 Å². The van der Waals surface area contributed by atoms with Crippen molar-refractivity contribution in [3.63, 3.8) is 0 Å². The van der Waals surface area contributed by atoms with Crippen LogP contribution in [0.15, 0.2) is 12.2 Å². The number of quaternary nitrogens is 1. The molecule has 0 aromatic heterocycles. The zero-order chi connectivity index (χ0) is 28.8.